The fraction of sp³-hybridized carbons (Fsp3) is 0.368. The van der Waals surface area contributed by atoms with Crippen LogP contribution in [0.4, 0.5) is 0 Å². The van der Waals surface area contributed by atoms with E-state index in [9.17, 15) is 0 Å². The van der Waals surface area contributed by atoms with Crippen molar-refractivity contribution in [1.29, 1.82) is 0 Å². The molecule has 21 heavy (non-hydrogen) atoms. The van der Waals surface area contributed by atoms with Crippen LogP contribution in [0.3, 0.4) is 0 Å². The number of ether oxygens (including phenoxy) is 1. The van der Waals surface area contributed by atoms with Gasteiger partial charge in [0.05, 0.1) is 0 Å². The third kappa shape index (κ3) is 3.64. The first-order valence-electron chi connectivity index (χ1n) is 7.61. The molecule has 0 saturated carbocycles. The molecule has 2 aromatic carbocycles. The lowest BCUT2D eigenvalue weighted by molar-refractivity contribution is 0.297. The number of benzene rings is 2. The molecule has 0 aliphatic carbocycles. The molecule has 0 saturated heterocycles. The molecule has 0 aliphatic rings. The molecule has 0 aromatic heterocycles. The number of hydrogen-bond donors (Lipinski definition) is 1. The third-order valence-corrected chi connectivity index (χ3v) is 4.07. The summed E-state index contributed by atoms with van der Waals surface area (Å²) in [6.07, 6.45) is 1.04. The molecule has 0 bridgehead atoms. The Bertz CT molecular complexity index is 568. The molecule has 0 radical (unpaired) electrons. The maximum Gasteiger partial charge on any atom is 0.124 e. The van der Waals surface area contributed by atoms with Crippen LogP contribution in [0.25, 0.3) is 0 Å². The van der Waals surface area contributed by atoms with E-state index in [2.05, 4.69) is 62.5 Å². The lowest BCUT2D eigenvalue weighted by atomic mass is 10.0. The fourth-order valence-electron chi connectivity index (χ4n) is 2.71. The van der Waals surface area contributed by atoms with Gasteiger partial charge in [-0.3, -0.25) is 0 Å². The minimum Gasteiger partial charge on any atom is -0.489 e. The standard InChI is InChI=1S/C19H25NO/c1-5-18(20-4)16-11-6-7-12-19(16)21-13-17-14(2)9-8-10-15(17)3/h6-12,18,20H,5,13H2,1-4H3. The minimum atomic E-state index is 0.333. The highest BCUT2D eigenvalue weighted by molar-refractivity contribution is 5.37. The molecule has 1 N–H and O–H groups in total. The first-order valence-corrected chi connectivity index (χ1v) is 7.61. The summed E-state index contributed by atoms with van der Waals surface area (Å²) in [5.74, 6) is 0.973. The summed E-state index contributed by atoms with van der Waals surface area (Å²) in [6.45, 7) is 7.08. The second-order valence-electron chi connectivity index (χ2n) is 5.45. The lowest BCUT2D eigenvalue weighted by Crippen LogP contribution is -2.16. The molecule has 0 amide bonds. The molecule has 2 heteroatoms. The largest absolute Gasteiger partial charge is 0.489 e. The summed E-state index contributed by atoms with van der Waals surface area (Å²) < 4.78 is 6.13. The summed E-state index contributed by atoms with van der Waals surface area (Å²) in [5, 5.41) is 3.35. The van der Waals surface area contributed by atoms with E-state index in [-0.39, 0.29) is 0 Å². The molecule has 1 atom stereocenters. The van der Waals surface area contributed by atoms with Crippen LogP contribution >= 0.6 is 0 Å². The van der Waals surface area contributed by atoms with E-state index in [1.54, 1.807) is 0 Å². The van der Waals surface area contributed by atoms with Crippen LogP contribution in [0, 0.1) is 13.8 Å². The molecular formula is C19H25NO. The van der Waals surface area contributed by atoms with E-state index < -0.39 is 0 Å². The van der Waals surface area contributed by atoms with Crippen molar-refractivity contribution in [2.45, 2.75) is 39.8 Å². The van der Waals surface area contributed by atoms with Crippen molar-refractivity contribution in [3.8, 4) is 5.75 Å². The number of aryl methyl sites for hydroxylation is 2. The van der Waals surface area contributed by atoms with Crippen LogP contribution in [-0.4, -0.2) is 7.05 Å². The van der Waals surface area contributed by atoms with E-state index in [0.717, 1.165) is 12.2 Å². The number of para-hydroxylation sites is 1. The summed E-state index contributed by atoms with van der Waals surface area (Å²) in [5.41, 5.74) is 5.08. The van der Waals surface area contributed by atoms with Crippen molar-refractivity contribution in [2.24, 2.45) is 0 Å². The SMILES string of the molecule is CCC(NC)c1ccccc1OCc1c(C)cccc1C. The van der Waals surface area contributed by atoms with Gasteiger partial charge in [0.25, 0.3) is 0 Å². The highest BCUT2D eigenvalue weighted by Crippen LogP contribution is 2.28. The lowest BCUT2D eigenvalue weighted by Gasteiger charge is -2.19. The molecule has 112 valence electrons. The zero-order chi connectivity index (χ0) is 15.2. The quantitative estimate of drug-likeness (QED) is 0.839. The highest BCUT2D eigenvalue weighted by Gasteiger charge is 2.13. The highest BCUT2D eigenvalue weighted by atomic mass is 16.5. The van der Waals surface area contributed by atoms with Gasteiger partial charge in [0.1, 0.15) is 12.4 Å². The van der Waals surface area contributed by atoms with Crippen molar-refractivity contribution in [3.05, 3.63) is 64.7 Å². The average molecular weight is 283 g/mol. The fourth-order valence-corrected chi connectivity index (χ4v) is 2.71. The van der Waals surface area contributed by atoms with Crippen LogP contribution in [-0.2, 0) is 6.61 Å². The molecular weight excluding hydrogens is 258 g/mol. The molecule has 0 aliphatic heterocycles. The summed E-state index contributed by atoms with van der Waals surface area (Å²) in [4.78, 5) is 0. The van der Waals surface area contributed by atoms with Crippen molar-refractivity contribution >= 4 is 0 Å². The molecule has 2 aromatic rings. The maximum atomic E-state index is 6.13. The van der Waals surface area contributed by atoms with Crippen molar-refractivity contribution < 1.29 is 4.74 Å². The normalized spacial score (nSPS) is 12.2. The molecule has 1 unspecified atom stereocenters. The summed E-state index contributed by atoms with van der Waals surface area (Å²) >= 11 is 0. The molecule has 2 nitrogen and oxygen atoms in total. The number of rotatable bonds is 6. The van der Waals surface area contributed by atoms with Gasteiger partial charge in [0.2, 0.25) is 0 Å². The second kappa shape index (κ2) is 7.28. The van der Waals surface area contributed by atoms with Gasteiger partial charge in [0, 0.05) is 11.6 Å². The van der Waals surface area contributed by atoms with Crippen molar-refractivity contribution in [2.75, 3.05) is 7.05 Å². The Hall–Kier alpha value is -1.80. The van der Waals surface area contributed by atoms with E-state index in [0.29, 0.717) is 12.6 Å². The van der Waals surface area contributed by atoms with Crippen LogP contribution in [0.5, 0.6) is 5.75 Å². The molecule has 0 heterocycles. The smallest absolute Gasteiger partial charge is 0.124 e. The van der Waals surface area contributed by atoms with Gasteiger partial charge in [-0.15, -0.1) is 0 Å². The zero-order valence-corrected chi connectivity index (χ0v) is 13.4. The topological polar surface area (TPSA) is 21.3 Å². The van der Waals surface area contributed by atoms with Gasteiger partial charge < -0.3 is 10.1 Å². The van der Waals surface area contributed by atoms with Crippen molar-refractivity contribution in [3.63, 3.8) is 0 Å². The first-order chi connectivity index (χ1) is 10.2. The number of nitrogens with one attached hydrogen (secondary N) is 1. The van der Waals surface area contributed by atoms with Crippen LogP contribution in [0.15, 0.2) is 42.5 Å². The van der Waals surface area contributed by atoms with Crippen LogP contribution < -0.4 is 10.1 Å². The van der Waals surface area contributed by atoms with Crippen LogP contribution in [0.1, 0.15) is 41.6 Å². The van der Waals surface area contributed by atoms with E-state index in [1.807, 2.05) is 13.1 Å². The Kier molecular flexibility index (Phi) is 5.40. The van der Waals surface area contributed by atoms with Crippen molar-refractivity contribution in [1.82, 2.24) is 5.32 Å². The molecule has 2 rings (SSSR count). The van der Waals surface area contributed by atoms with Crippen LogP contribution in [0.2, 0.25) is 0 Å². The predicted octanol–water partition coefficient (Wildman–Crippen LogP) is 4.55. The maximum absolute atomic E-state index is 6.13. The van der Waals surface area contributed by atoms with Gasteiger partial charge in [-0.1, -0.05) is 43.3 Å². The van der Waals surface area contributed by atoms with E-state index >= 15 is 0 Å². The Morgan fingerprint density at radius 1 is 1.00 bits per heavy atom. The van der Waals surface area contributed by atoms with E-state index in [1.165, 1.54) is 22.3 Å². The number of hydrogen-bond acceptors (Lipinski definition) is 2. The first kappa shape index (κ1) is 15.6. The Morgan fingerprint density at radius 2 is 1.67 bits per heavy atom. The van der Waals surface area contributed by atoms with Gasteiger partial charge in [-0.05, 0) is 50.1 Å². The van der Waals surface area contributed by atoms with E-state index in [4.69, 9.17) is 4.74 Å². The Labute approximate surface area is 128 Å². The molecule has 0 fully saturated rings. The zero-order valence-electron chi connectivity index (χ0n) is 13.4. The monoisotopic (exact) mass is 283 g/mol. The average Bonchev–Trinajstić information content (AvgIpc) is 2.49. The third-order valence-electron chi connectivity index (χ3n) is 4.07. The van der Waals surface area contributed by atoms with Gasteiger partial charge in [-0.2, -0.15) is 0 Å². The van der Waals surface area contributed by atoms with Gasteiger partial charge in [-0.25, -0.2) is 0 Å². The molecule has 0 spiro atoms. The van der Waals surface area contributed by atoms with Gasteiger partial charge >= 0.3 is 0 Å². The second-order valence-corrected chi connectivity index (χ2v) is 5.45. The minimum absolute atomic E-state index is 0.333. The Morgan fingerprint density at radius 3 is 2.29 bits per heavy atom. The summed E-state index contributed by atoms with van der Waals surface area (Å²) in [7, 11) is 2.00. The predicted molar refractivity (Wildman–Crippen MR) is 88.8 cm³/mol. The van der Waals surface area contributed by atoms with Gasteiger partial charge in [0.15, 0.2) is 0 Å². The summed E-state index contributed by atoms with van der Waals surface area (Å²) in [6, 6.07) is 15.0. The Balaban J connectivity index is 2.21.